The Kier molecular flexibility index (Phi) is 12.1. The smallest absolute Gasteiger partial charge is 0.222 e. The molecule has 0 saturated carbocycles. The number of carbonyl (C=O) groups excluding carboxylic acids is 1. The van der Waals surface area contributed by atoms with E-state index in [1.54, 1.807) is 0 Å². The van der Waals surface area contributed by atoms with Gasteiger partial charge in [-0.25, -0.2) is 0 Å². The maximum absolute atomic E-state index is 11.5. The maximum Gasteiger partial charge on any atom is 0.222 e. The fourth-order valence-corrected chi connectivity index (χ4v) is 2.22. The van der Waals surface area contributed by atoms with Crippen LogP contribution in [0.3, 0.4) is 0 Å². The monoisotopic (exact) mass is 510 g/mol. The van der Waals surface area contributed by atoms with Gasteiger partial charge >= 0.3 is 0 Å². The highest BCUT2D eigenvalue weighted by atomic mass is 127. The maximum atomic E-state index is 11.5. The van der Waals surface area contributed by atoms with Gasteiger partial charge in [-0.3, -0.25) is 9.79 Å². The summed E-state index contributed by atoms with van der Waals surface area (Å²) in [5.41, 5.74) is 1.22. The molecule has 0 radical (unpaired) electrons. The number of nitrogens with one attached hydrogen (secondary N) is 2. The molecule has 0 heterocycles. The highest BCUT2D eigenvalue weighted by Crippen LogP contribution is 2.11. The Morgan fingerprint density at radius 2 is 1.88 bits per heavy atom. The van der Waals surface area contributed by atoms with Crippen LogP contribution in [0.2, 0.25) is 0 Å². The second kappa shape index (κ2) is 12.5. The van der Waals surface area contributed by atoms with Crippen LogP contribution in [0.5, 0.6) is 0 Å². The van der Waals surface area contributed by atoms with Crippen LogP contribution >= 0.6 is 39.9 Å². The summed E-state index contributed by atoms with van der Waals surface area (Å²) in [5.74, 6) is 0.912. The Balaban J connectivity index is 0.00000529. The van der Waals surface area contributed by atoms with Gasteiger partial charge in [0.2, 0.25) is 5.91 Å². The van der Waals surface area contributed by atoms with Crippen LogP contribution in [0.4, 0.5) is 0 Å². The Morgan fingerprint density at radius 3 is 2.42 bits per heavy atom. The molecule has 0 saturated heterocycles. The van der Waals surface area contributed by atoms with Crippen molar-refractivity contribution in [3.05, 3.63) is 34.3 Å². The van der Waals surface area contributed by atoms with Crippen LogP contribution in [-0.4, -0.2) is 43.4 Å². The zero-order valence-corrected chi connectivity index (χ0v) is 18.7. The summed E-state index contributed by atoms with van der Waals surface area (Å²) < 4.78 is 1.07. The third kappa shape index (κ3) is 8.86. The Morgan fingerprint density at radius 1 is 1.25 bits per heavy atom. The lowest BCUT2D eigenvalue weighted by Crippen LogP contribution is -2.39. The summed E-state index contributed by atoms with van der Waals surface area (Å²) in [5, 5.41) is 6.16. The van der Waals surface area contributed by atoms with Gasteiger partial charge in [0, 0.05) is 37.1 Å². The molecule has 1 aromatic rings. The first-order valence-electron chi connectivity index (χ1n) is 7.95. The average molecular weight is 511 g/mol. The van der Waals surface area contributed by atoms with Crippen molar-refractivity contribution in [2.75, 3.05) is 26.7 Å². The molecule has 0 aliphatic heterocycles. The molecule has 1 rings (SSSR count). The number of amides is 1. The van der Waals surface area contributed by atoms with E-state index in [0.29, 0.717) is 13.1 Å². The van der Waals surface area contributed by atoms with Gasteiger partial charge < -0.3 is 15.5 Å². The minimum Gasteiger partial charge on any atom is -0.357 e. The molecule has 0 atom stereocenters. The van der Waals surface area contributed by atoms with Crippen molar-refractivity contribution in [3.8, 4) is 0 Å². The third-order valence-corrected chi connectivity index (χ3v) is 3.76. The summed E-state index contributed by atoms with van der Waals surface area (Å²) in [7, 11) is 2.01. The topological polar surface area (TPSA) is 56.7 Å². The molecule has 0 fully saturated rings. The van der Waals surface area contributed by atoms with Crippen LogP contribution in [-0.2, 0) is 11.3 Å². The van der Waals surface area contributed by atoms with E-state index in [1.165, 1.54) is 5.56 Å². The highest BCUT2D eigenvalue weighted by Gasteiger charge is 2.07. The average Bonchev–Trinajstić information content (AvgIpc) is 2.52. The van der Waals surface area contributed by atoms with E-state index in [4.69, 9.17) is 0 Å². The molecule has 0 aliphatic rings. The zero-order chi connectivity index (χ0) is 17.2. The molecule has 1 amide bonds. The quantitative estimate of drug-likeness (QED) is 0.256. The van der Waals surface area contributed by atoms with E-state index in [-0.39, 0.29) is 35.8 Å². The lowest BCUT2D eigenvalue weighted by molar-refractivity contribution is -0.123. The minimum atomic E-state index is 0. The van der Waals surface area contributed by atoms with Crippen molar-refractivity contribution in [1.82, 2.24) is 15.5 Å². The van der Waals surface area contributed by atoms with Gasteiger partial charge in [0.05, 0.1) is 6.54 Å². The fraction of sp³-hybridized carbons (Fsp3) is 0.529. The van der Waals surface area contributed by atoms with Gasteiger partial charge in [-0.2, -0.15) is 0 Å². The Labute approximate surface area is 170 Å². The zero-order valence-electron chi connectivity index (χ0n) is 14.8. The van der Waals surface area contributed by atoms with Crippen LogP contribution in [0, 0.1) is 5.92 Å². The number of halogens is 2. The van der Waals surface area contributed by atoms with Crippen molar-refractivity contribution in [2.24, 2.45) is 10.9 Å². The predicted octanol–water partition coefficient (Wildman–Crippen LogP) is 3.24. The number of nitrogens with zero attached hydrogens (tertiary/aromatic N) is 2. The molecule has 1 aromatic carbocycles. The Bertz CT molecular complexity index is 520. The lowest BCUT2D eigenvalue weighted by Gasteiger charge is -2.22. The molecule has 0 spiro atoms. The first-order valence-corrected chi connectivity index (χ1v) is 8.75. The van der Waals surface area contributed by atoms with E-state index in [1.807, 2.05) is 40.0 Å². The number of hydrogen-bond donors (Lipinski definition) is 2. The molecule has 7 heteroatoms. The highest BCUT2D eigenvalue weighted by molar-refractivity contribution is 14.0. The van der Waals surface area contributed by atoms with Crippen molar-refractivity contribution in [1.29, 1.82) is 0 Å². The SMILES string of the molecule is CCNC(=NCCNC(=O)C(C)C)N(C)Cc1ccc(Br)cc1.I. The molecule has 0 aromatic heterocycles. The third-order valence-electron chi connectivity index (χ3n) is 3.23. The molecule has 5 nitrogen and oxygen atoms in total. The first-order chi connectivity index (χ1) is 10.9. The summed E-state index contributed by atoms with van der Waals surface area (Å²) in [6.07, 6.45) is 0. The van der Waals surface area contributed by atoms with Gasteiger partial charge in [-0.1, -0.05) is 41.9 Å². The molecular formula is C17H28BrIN4O. The van der Waals surface area contributed by atoms with Gasteiger partial charge in [-0.05, 0) is 24.6 Å². The van der Waals surface area contributed by atoms with Gasteiger partial charge in [0.25, 0.3) is 0 Å². The molecule has 136 valence electrons. The van der Waals surface area contributed by atoms with Crippen LogP contribution < -0.4 is 10.6 Å². The molecule has 0 unspecified atom stereocenters. The second-order valence-corrected chi connectivity index (χ2v) is 6.58. The molecule has 24 heavy (non-hydrogen) atoms. The van der Waals surface area contributed by atoms with Crippen molar-refractivity contribution in [3.63, 3.8) is 0 Å². The molecular weight excluding hydrogens is 483 g/mol. The summed E-state index contributed by atoms with van der Waals surface area (Å²) >= 11 is 3.45. The number of rotatable bonds is 7. The second-order valence-electron chi connectivity index (χ2n) is 5.66. The molecule has 0 aliphatic carbocycles. The van der Waals surface area contributed by atoms with Crippen LogP contribution in [0.25, 0.3) is 0 Å². The normalized spacial score (nSPS) is 11.0. The van der Waals surface area contributed by atoms with E-state index in [0.717, 1.165) is 23.5 Å². The summed E-state index contributed by atoms with van der Waals surface area (Å²) in [6, 6.07) is 8.25. The van der Waals surface area contributed by atoms with Crippen molar-refractivity contribution >= 4 is 51.8 Å². The Hall–Kier alpha value is -0.830. The summed E-state index contributed by atoms with van der Waals surface area (Å²) in [6.45, 7) is 8.51. The van der Waals surface area contributed by atoms with Crippen molar-refractivity contribution in [2.45, 2.75) is 27.3 Å². The van der Waals surface area contributed by atoms with Gasteiger partial charge in [0.1, 0.15) is 0 Å². The first kappa shape index (κ1) is 23.2. The standard InChI is InChI=1S/C17H27BrN4O.HI/c1-5-19-17(21-11-10-20-16(23)13(2)3)22(4)12-14-6-8-15(18)9-7-14;/h6-9,13H,5,10-12H2,1-4H3,(H,19,21)(H,20,23);1H. The van der Waals surface area contributed by atoms with Crippen LogP contribution in [0.15, 0.2) is 33.7 Å². The van der Waals surface area contributed by atoms with E-state index in [2.05, 4.69) is 48.6 Å². The minimum absolute atomic E-state index is 0. The molecule has 2 N–H and O–H groups in total. The van der Waals surface area contributed by atoms with E-state index < -0.39 is 0 Å². The molecule has 0 bridgehead atoms. The predicted molar refractivity (Wildman–Crippen MR) is 115 cm³/mol. The number of benzene rings is 1. The summed E-state index contributed by atoms with van der Waals surface area (Å²) in [4.78, 5) is 18.2. The number of guanidine groups is 1. The van der Waals surface area contributed by atoms with E-state index in [9.17, 15) is 4.79 Å². The van der Waals surface area contributed by atoms with Gasteiger partial charge in [-0.15, -0.1) is 24.0 Å². The number of hydrogen-bond acceptors (Lipinski definition) is 2. The van der Waals surface area contributed by atoms with Crippen LogP contribution in [0.1, 0.15) is 26.3 Å². The number of aliphatic imine (C=N–C) groups is 1. The number of carbonyl (C=O) groups is 1. The van der Waals surface area contributed by atoms with Gasteiger partial charge in [0.15, 0.2) is 5.96 Å². The lowest BCUT2D eigenvalue weighted by atomic mass is 10.2. The van der Waals surface area contributed by atoms with Crippen molar-refractivity contribution < 1.29 is 4.79 Å². The fourth-order valence-electron chi connectivity index (χ4n) is 1.95. The largest absolute Gasteiger partial charge is 0.357 e. The van der Waals surface area contributed by atoms with E-state index >= 15 is 0 Å².